The molecule has 0 aliphatic rings. The summed E-state index contributed by atoms with van der Waals surface area (Å²) in [5.41, 5.74) is 4.03. The highest BCUT2D eigenvalue weighted by molar-refractivity contribution is 7.13. The van der Waals surface area contributed by atoms with Crippen LogP contribution in [-0.2, 0) is 16.1 Å². The predicted molar refractivity (Wildman–Crippen MR) is 108 cm³/mol. The number of ether oxygens (including phenoxy) is 2. The van der Waals surface area contributed by atoms with Crippen molar-refractivity contribution in [2.45, 2.75) is 26.9 Å². The van der Waals surface area contributed by atoms with Gasteiger partial charge in [-0.15, -0.1) is 11.3 Å². The minimum atomic E-state index is -0.302. The maximum Gasteiger partial charge on any atom is 0.309 e. The number of hydrogen-bond acceptors (Lipinski definition) is 6. The molecular weight excluding hydrogens is 360 g/mol. The molecule has 0 atom stereocenters. The fourth-order valence-electron chi connectivity index (χ4n) is 2.37. The van der Waals surface area contributed by atoms with E-state index in [4.69, 9.17) is 9.47 Å². The van der Waals surface area contributed by atoms with Crippen molar-refractivity contribution in [3.8, 4) is 5.75 Å². The minimum Gasteiger partial charge on any atom is -0.493 e. The Hall–Kier alpha value is -2.86. The lowest BCUT2D eigenvalue weighted by Gasteiger charge is -2.07. The smallest absolute Gasteiger partial charge is 0.309 e. The standard InChI is InChI=1S/C21H22N2O3S/c1-15-6-8-17(9-7-15)22-21-23-18(14-27-21)13-26-20(24)10-11-25-19-5-3-4-16(2)12-19/h3-9,12,14H,10-11,13H2,1-2H3,(H,22,23). The molecule has 3 rings (SSSR count). The van der Waals surface area contributed by atoms with Gasteiger partial charge >= 0.3 is 5.97 Å². The molecule has 0 saturated heterocycles. The average Bonchev–Trinajstić information content (AvgIpc) is 3.09. The van der Waals surface area contributed by atoms with Crippen LogP contribution < -0.4 is 10.1 Å². The van der Waals surface area contributed by atoms with Crippen molar-refractivity contribution in [1.29, 1.82) is 0 Å². The van der Waals surface area contributed by atoms with Crippen LogP contribution in [0.3, 0.4) is 0 Å². The molecule has 0 fully saturated rings. The number of esters is 1. The number of aromatic nitrogens is 1. The number of nitrogens with zero attached hydrogens (tertiary/aromatic N) is 1. The Labute approximate surface area is 163 Å². The van der Waals surface area contributed by atoms with E-state index >= 15 is 0 Å². The van der Waals surface area contributed by atoms with Crippen molar-refractivity contribution in [3.63, 3.8) is 0 Å². The van der Waals surface area contributed by atoms with E-state index < -0.39 is 0 Å². The van der Waals surface area contributed by atoms with Gasteiger partial charge in [-0.3, -0.25) is 4.79 Å². The number of hydrogen-bond donors (Lipinski definition) is 1. The van der Waals surface area contributed by atoms with E-state index in [-0.39, 0.29) is 19.0 Å². The largest absolute Gasteiger partial charge is 0.493 e. The number of thiazole rings is 1. The molecule has 0 saturated carbocycles. The Balaban J connectivity index is 1.40. The number of anilines is 2. The average molecular weight is 382 g/mol. The summed E-state index contributed by atoms with van der Waals surface area (Å²) >= 11 is 1.48. The lowest BCUT2D eigenvalue weighted by Crippen LogP contribution is -2.10. The quantitative estimate of drug-likeness (QED) is 0.555. The van der Waals surface area contributed by atoms with Gasteiger partial charge in [-0.2, -0.15) is 0 Å². The Morgan fingerprint density at radius 2 is 1.93 bits per heavy atom. The third-order valence-electron chi connectivity index (χ3n) is 3.80. The number of nitrogens with one attached hydrogen (secondary N) is 1. The molecule has 1 aromatic heterocycles. The number of rotatable bonds is 8. The second-order valence-electron chi connectivity index (χ2n) is 6.21. The van der Waals surface area contributed by atoms with E-state index in [1.165, 1.54) is 16.9 Å². The first-order valence-corrected chi connectivity index (χ1v) is 9.59. The summed E-state index contributed by atoms with van der Waals surface area (Å²) in [4.78, 5) is 16.3. The first-order valence-electron chi connectivity index (χ1n) is 8.72. The monoisotopic (exact) mass is 382 g/mol. The molecule has 0 amide bonds. The van der Waals surface area contributed by atoms with Gasteiger partial charge in [0.15, 0.2) is 5.13 Å². The van der Waals surface area contributed by atoms with E-state index in [0.717, 1.165) is 27.8 Å². The van der Waals surface area contributed by atoms with E-state index in [0.29, 0.717) is 6.61 Å². The summed E-state index contributed by atoms with van der Waals surface area (Å²) in [5, 5.41) is 5.90. The van der Waals surface area contributed by atoms with E-state index in [9.17, 15) is 4.79 Å². The van der Waals surface area contributed by atoms with Crippen LogP contribution >= 0.6 is 11.3 Å². The van der Waals surface area contributed by atoms with Crippen LogP contribution in [0.4, 0.5) is 10.8 Å². The Kier molecular flexibility index (Phi) is 6.44. The molecule has 2 aromatic carbocycles. The van der Waals surface area contributed by atoms with Crippen molar-refractivity contribution < 1.29 is 14.3 Å². The van der Waals surface area contributed by atoms with Gasteiger partial charge in [0.05, 0.1) is 18.7 Å². The van der Waals surface area contributed by atoms with Gasteiger partial charge in [-0.25, -0.2) is 4.98 Å². The fourth-order valence-corrected chi connectivity index (χ4v) is 3.09. The first-order chi connectivity index (χ1) is 13.1. The highest BCUT2D eigenvalue weighted by Crippen LogP contribution is 2.21. The van der Waals surface area contributed by atoms with Gasteiger partial charge < -0.3 is 14.8 Å². The van der Waals surface area contributed by atoms with Crippen LogP contribution in [0.5, 0.6) is 5.75 Å². The molecule has 0 spiro atoms. The SMILES string of the molecule is Cc1ccc(Nc2nc(COC(=O)CCOc3cccc(C)c3)cs2)cc1. The molecule has 0 radical (unpaired) electrons. The van der Waals surface area contributed by atoms with Crippen LogP contribution in [0.2, 0.25) is 0 Å². The Morgan fingerprint density at radius 3 is 2.70 bits per heavy atom. The van der Waals surface area contributed by atoms with Gasteiger partial charge in [0.2, 0.25) is 0 Å². The zero-order valence-electron chi connectivity index (χ0n) is 15.4. The molecule has 1 N–H and O–H groups in total. The molecule has 0 unspecified atom stereocenters. The zero-order chi connectivity index (χ0) is 19.1. The van der Waals surface area contributed by atoms with Gasteiger partial charge in [-0.05, 0) is 43.7 Å². The predicted octanol–water partition coefficient (Wildman–Crippen LogP) is 5.02. The molecule has 3 aromatic rings. The van der Waals surface area contributed by atoms with E-state index in [2.05, 4.69) is 10.3 Å². The number of carbonyl (C=O) groups is 1. The van der Waals surface area contributed by atoms with Crippen LogP contribution in [0.15, 0.2) is 53.9 Å². The van der Waals surface area contributed by atoms with Crippen molar-refractivity contribution >= 4 is 28.1 Å². The van der Waals surface area contributed by atoms with Crippen molar-refractivity contribution in [2.24, 2.45) is 0 Å². The molecular formula is C21H22N2O3S. The molecule has 27 heavy (non-hydrogen) atoms. The highest BCUT2D eigenvalue weighted by Gasteiger charge is 2.07. The summed E-state index contributed by atoms with van der Waals surface area (Å²) in [6, 6.07) is 15.8. The molecule has 0 aliphatic carbocycles. The second-order valence-corrected chi connectivity index (χ2v) is 7.07. The third kappa shape index (κ3) is 6.11. The summed E-state index contributed by atoms with van der Waals surface area (Å²) < 4.78 is 10.8. The van der Waals surface area contributed by atoms with Crippen LogP contribution in [0.25, 0.3) is 0 Å². The highest BCUT2D eigenvalue weighted by atomic mass is 32.1. The summed E-state index contributed by atoms with van der Waals surface area (Å²) in [5.74, 6) is 0.456. The lowest BCUT2D eigenvalue weighted by atomic mass is 10.2. The summed E-state index contributed by atoms with van der Waals surface area (Å²) in [6.45, 7) is 4.50. The number of carbonyl (C=O) groups excluding carboxylic acids is 1. The van der Waals surface area contributed by atoms with Gasteiger partial charge in [0.25, 0.3) is 0 Å². The molecule has 1 heterocycles. The van der Waals surface area contributed by atoms with Crippen molar-refractivity contribution in [2.75, 3.05) is 11.9 Å². The van der Waals surface area contributed by atoms with Gasteiger partial charge in [0, 0.05) is 11.1 Å². The Bertz CT molecular complexity index is 890. The maximum absolute atomic E-state index is 11.9. The molecule has 0 aliphatic heterocycles. The fraction of sp³-hybridized carbons (Fsp3) is 0.238. The third-order valence-corrected chi connectivity index (χ3v) is 4.61. The Morgan fingerprint density at radius 1 is 1.11 bits per heavy atom. The summed E-state index contributed by atoms with van der Waals surface area (Å²) in [7, 11) is 0. The second kappa shape index (κ2) is 9.19. The maximum atomic E-state index is 11.9. The lowest BCUT2D eigenvalue weighted by molar-refractivity contribution is -0.145. The van der Waals surface area contributed by atoms with Crippen LogP contribution in [-0.4, -0.2) is 17.6 Å². The van der Waals surface area contributed by atoms with Crippen molar-refractivity contribution in [3.05, 3.63) is 70.7 Å². The van der Waals surface area contributed by atoms with Gasteiger partial charge in [0.1, 0.15) is 12.4 Å². The van der Waals surface area contributed by atoms with Crippen LogP contribution in [0, 0.1) is 13.8 Å². The number of aryl methyl sites for hydroxylation is 2. The topological polar surface area (TPSA) is 60.5 Å². The molecule has 0 bridgehead atoms. The van der Waals surface area contributed by atoms with Crippen molar-refractivity contribution in [1.82, 2.24) is 4.98 Å². The van der Waals surface area contributed by atoms with Gasteiger partial charge in [-0.1, -0.05) is 29.8 Å². The van der Waals surface area contributed by atoms with E-state index in [1.807, 2.05) is 67.8 Å². The molecule has 140 valence electrons. The van der Waals surface area contributed by atoms with E-state index in [1.54, 1.807) is 0 Å². The normalized spacial score (nSPS) is 10.4. The zero-order valence-corrected chi connectivity index (χ0v) is 16.2. The first kappa shape index (κ1) is 18.9. The number of benzene rings is 2. The minimum absolute atomic E-state index is 0.162. The molecule has 5 nitrogen and oxygen atoms in total. The van der Waals surface area contributed by atoms with Crippen LogP contribution in [0.1, 0.15) is 23.2 Å². The molecule has 6 heteroatoms. The summed E-state index contributed by atoms with van der Waals surface area (Å²) in [6.07, 6.45) is 0.201.